The summed E-state index contributed by atoms with van der Waals surface area (Å²) >= 11 is 1.34. The lowest BCUT2D eigenvalue weighted by molar-refractivity contribution is 0.418. The van der Waals surface area contributed by atoms with Gasteiger partial charge in [-0.2, -0.15) is 4.31 Å². The molecule has 1 aromatic rings. The normalized spacial score (nSPS) is 21.8. The Kier molecular flexibility index (Phi) is 5.60. The Morgan fingerprint density at radius 3 is 2.95 bits per heavy atom. The molecule has 4 nitrogen and oxygen atoms in total. The van der Waals surface area contributed by atoms with Gasteiger partial charge in [-0.15, -0.1) is 11.3 Å². The van der Waals surface area contributed by atoms with Gasteiger partial charge in [0.15, 0.2) is 0 Å². The molecule has 1 unspecified atom stereocenters. The molecule has 1 fully saturated rings. The van der Waals surface area contributed by atoms with Crippen LogP contribution in [0, 0.1) is 5.92 Å². The Labute approximate surface area is 126 Å². The van der Waals surface area contributed by atoms with Crippen LogP contribution in [-0.4, -0.2) is 32.4 Å². The first-order valence-electron chi connectivity index (χ1n) is 7.32. The van der Waals surface area contributed by atoms with Crippen LogP contribution in [0.25, 0.3) is 0 Å². The minimum atomic E-state index is -3.29. The van der Waals surface area contributed by atoms with Gasteiger partial charge in [0.25, 0.3) is 10.0 Å². The molecule has 0 amide bonds. The summed E-state index contributed by atoms with van der Waals surface area (Å²) in [4.78, 5) is 0. The Morgan fingerprint density at radius 2 is 2.20 bits per heavy atom. The predicted molar refractivity (Wildman–Crippen MR) is 83.5 cm³/mol. The van der Waals surface area contributed by atoms with Gasteiger partial charge in [-0.1, -0.05) is 13.8 Å². The van der Waals surface area contributed by atoms with Crippen molar-refractivity contribution in [2.24, 2.45) is 5.92 Å². The lowest BCUT2D eigenvalue weighted by atomic mass is 10.0. The van der Waals surface area contributed by atoms with E-state index < -0.39 is 10.0 Å². The zero-order valence-corrected chi connectivity index (χ0v) is 13.9. The molecule has 114 valence electrons. The molecule has 2 heterocycles. The van der Waals surface area contributed by atoms with Crippen molar-refractivity contribution in [3.8, 4) is 0 Å². The van der Waals surface area contributed by atoms with Crippen LogP contribution < -0.4 is 5.32 Å². The third-order valence-electron chi connectivity index (χ3n) is 3.78. The molecule has 20 heavy (non-hydrogen) atoms. The molecule has 6 heteroatoms. The molecule has 0 radical (unpaired) electrons. The van der Waals surface area contributed by atoms with Crippen molar-refractivity contribution < 1.29 is 8.42 Å². The molecule has 1 atom stereocenters. The summed E-state index contributed by atoms with van der Waals surface area (Å²) < 4.78 is 27.5. The minimum absolute atomic E-state index is 0.486. The molecular formula is C14H24N2O2S2. The monoisotopic (exact) mass is 316 g/mol. The van der Waals surface area contributed by atoms with E-state index in [2.05, 4.69) is 12.2 Å². The summed E-state index contributed by atoms with van der Waals surface area (Å²) in [5.41, 5.74) is 1.05. The first-order valence-corrected chi connectivity index (χ1v) is 9.64. The second-order valence-electron chi connectivity index (χ2n) is 5.49. The minimum Gasteiger partial charge on any atom is -0.313 e. The molecule has 2 rings (SSSR count). The van der Waals surface area contributed by atoms with Crippen LogP contribution in [0.5, 0.6) is 0 Å². The maximum absolute atomic E-state index is 12.6. The van der Waals surface area contributed by atoms with Gasteiger partial charge in [-0.3, -0.25) is 0 Å². The summed E-state index contributed by atoms with van der Waals surface area (Å²) in [5, 5.41) is 5.16. The molecule has 0 spiro atoms. The summed E-state index contributed by atoms with van der Waals surface area (Å²) in [6.07, 6.45) is 3.06. The smallest absolute Gasteiger partial charge is 0.252 e. The van der Waals surface area contributed by atoms with E-state index in [-0.39, 0.29) is 0 Å². The first kappa shape index (κ1) is 15.9. The van der Waals surface area contributed by atoms with Gasteiger partial charge >= 0.3 is 0 Å². The quantitative estimate of drug-likeness (QED) is 0.908. The Bertz CT molecular complexity index is 525. The predicted octanol–water partition coefficient (Wildman–Crippen LogP) is 2.67. The molecule has 1 aliphatic rings. The SMILES string of the molecule is CCNCc1csc(S(=O)(=O)N2CCCC(C)CC2)c1. The van der Waals surface area contributed by atoms with E-state index in [1.807, 2.05) is 18.4 Å². The first-order chi connectivity index (χ1) is 9.54. The topological polar surface area (TPSA) is 49.4 Å². The van der Waals surface area contributed by atoms with E-state index in [9.17, 15) is 8.42 Å². The summed E-state index contributed by atoms with van der Waals surface area (Å²) in [6, 6.07) is 1.82. The zero-order valence-electron chi connectivity index (χ0n) is 12.3. The molecular weight excluding hydrogens is 292 g/mol. The third-order valence-corrected chi connectivity index (χ3v) is 7.14. The Hall–Kier alpha value is -0.430. The average Bonchev–Trinajstić information content (AvgIpc) is 2.79. The molecule has 1 aliphatic heterocycles. The highest BCUT2D eigenvalue weighted by molar-refractivity contribution is 7.91. The van der Waals surface area contributed by atoms with Crippen molar-refractivity contribution in [1.29, 1.82) is 0 Å². The number of hydrogen-bond acceptors (Lipinski definition) is 4. The Morgan fingerprint density at radius 1 is 1.40 bits per heavy atom. The molecule has 0 saturated carbocycles. The number of hydrogen-bond donors (Lipinski definition) is 1. The van der Waals surface area contributed by atoms with Gasteiger partial charge in [-0.25, -0.2) is 8.42 Å². The van der Waals surface area contributed by atoms with Crippen LogP contribution in [0.1, 0.15) is 38.7 Å². The van der Waals surface area contributed by atoms with Crippen molar-refractivity contribution >= 4 is 21.4 Å². The fraction of sp³-hybridized carbons (Fsp3) is 0.714. The average molecular weight is 316 g/mol. The van der Waals surface area contributed by atoms with Crippen LogP contribution in [-0.2, 0) is 16.6 Å². The van der Waals surface area contributed by atoms with E-state index in [1.54, 1.807) is 4.31 Å². The maximum Gasteiger partial charge on any atom is 0.252 e. The van der Waals surface area contributed by atoms with Crippen molar-refractivity contribution in [1.82, 2.24) is 9.62 Å². The number of sulfonamides is 1. The molecule has 1 saturated heterocycles. The van der Waals surface area contributed by atoms with Gasteiger partial charge in [0.1, 0.15) is 4.21 Å². The highest BCUT2D eigenvalue weighted by Crippen LogP contribution is 2.27. The van der Waals surface area contributed by atoms with E-state index in [0.717, 1.165) is 37.9 Å². The van der Waals surface area contributed by atoms with Gasteiger partial charge in [0.05, 0.1) is 0 Å². The van der Waals surface area contributed by atoms with Crippen molar-refractivity contribution in [3.63, 3.8) is 0 Å². The number of nitrogens with one attached hydrogen (secondary N) is 1. The third kappa shape index (κ3) is 3.81. The van der Waals surface area contributed by atoms with Crippen LogP contribution in [0.2, 0.25) is 0 Å². The summed E-state index contributed by atoms with van der Waals surface area (Å²) in [6.45, 7) is 7.19. The maximum atomic E-state index is 12.6. The zero-order chi connectivity index (χ0) is 14.6. The fourth-order valence-electron chi connectivity index (χ4n) is 2.45. The summed E-state index contributed by atoms with van der Waals surface area (Å²) in [5.74, 6) is 0.628. The van der Waals surface area contributed by atoms with Crippen molar-refractivity contribution in [3.05, 3.63) is 17.0 Å². The van der Waals surface area contributed by atoms with Gasteiger partial charge in [-0.05, 0) is 48.7 Å². The van der Waals surface area contributed by atoms with E-state index in [0.29, 0.717) is 23.2 Å². The van der Waals surface area contributed by atoms with Crippen LogP contribution in [0.3, 0.4) is 0 Å². The van der Waals surface area contributed by atoms with Crippen LogP contribution in [0.4, 0.5) is 0 Å². The second-order valence-corrected chi connectivity index (χ2v) is 8.57. The van der Waals surface area contributed by atoms with E-state index in [4.69, 9.17) is 0 Å². The Balaban J connectivity index is 2.10. The highest BCUT2D eigenvalue weighted by Gasteiger charge is 2.27. The molecule has 1 N–H and O–H groups in total. The van der Waals surface area contributed by atoms with E-state index in [1.165, 1.54) is 11.3 Å². The van der Waals surface area contributed by atoms with Crippen LogP contribution >= 0.6 is 11.3 Å². The lowest BCUT2D eigenvalue weighted by Gasteiger charge is -2.18. The van der Waals surface area contributed by atoms with Gasteiger partial charge < -0.3 is 5.32 Å². The molecule has 0 aliphatic carbocycles. The standard InChI is InChI=1S/C14H24N2O2S2/c1-3-15-10-13-9-14(19-11-13)20(17,18)16-7-4-5-12(2)6-8-16/h9,11-12,15H,3-8,10H2,1-2H3. The van der Waals surface area contributed by atoms with Crippen molar-refractivity contribution in [2.45, 2.75) is 43.9 Å². The van der Waals surface area contributed by atoms with Gasteiger partial charge in [0.2, 0.25) is 0 Å². The molecule has 0 aromatic carbocycles. The molecule has 1 aromatic heterocycles. The number of nitrogens with zero attached hydrogens (tertiary/aromatic N) is 1. The van der Waals surface area contributed by atoms with Crippen molar-refractivity contribution in [2.75, 3.05) is 19.6 Å². The number of rotatable bonds is 5. The summed E-state index contributed by atoms with van der Waals surface area (Å²) in [7, 11) is -3.29. The highest BCUT2D eigenvalue weighted by atomic mass is 32.2. The fourth-order valence-corrected chi connectivity index (χ4v) is 5.31. The van der Waals surface area contributed by atoms with Gasteiger partial charge in [0, 0.05) is 19.6 Å². The lowest BCUT2D eigenvalue weighted by Crippen LogP contribution is -2.31. The second kappa shape index (κ2) is 7.02. The molecule has 0 bridgehead atoms. The number of thiophene rings is 1. The van der Waals surface area contributed by atoms with Crippen LogP contribution in [0.15, 0.2) is 15.7 Å². The van der Waals surface area contributed by atoms with E-state index >= 15 is 0 Å². The largest absolute Gasteiger partial charge is 0.313 e.